The van der Waals surface area contributed by atoms with Crippen molar-refractivity contribution in [2.75, 3.05) is 39.8 Å². The van der Waals surface area contributed by atoms with E-state index in [-0.39, 0.29) is 0 Å². The van der Waals surface area contributed by atoms with Gasteiger partial charge in [-0.1, -0.05) is 23.7 Å². The Bertz CT molecular complexity index is 353. The minimum atomic E-state index is 0.578. The molecule has 1 aromatic carbocycles. The number of nitrogens with zero attached hydrogens (tertiary/aromatic N) is 1. The number of piperazine rings is 1. The highest BCUT2D eigenvalue weighted by molar-refractivity contribution is 6.30. The maximum Gasteiger partial charge on any atom is 0.0406 e. The van der Waals surface area contributed by atoms with Crippen LogP contribution in [0.3, 0.4) is 0 Å². The molecule has 4 heteroatoms. The van der Waals surface area contributed by atoms with Crippen LogP contribution in [-0.4, -0.2) is 50.7 Å². The summed E-state index contributed by atoms with van der Waals surface area (Å²) in [7, 11) is 2.18. The van der Waals surface area contributed by atoms with Gasteiger partial charge in [0.2, 0.25) is 0 Å². The van der Waals surface area contributed by atoms with Crippen molar-refractivity contribution in [2.45, 2.75) is 12.5 Å². The molecule has 1 aliphatic heterocycles. The number of rotatable bonds is 5. The molecule has 1 aromatic rings. The van der Waals surface area contributed by atoms with Gasteiger partial charge in [0.1, 0.15) is 0 Å². The van der Waals surface area contributed by atoms with Gasteiger partial charge in [-0.05, 0) is 37.7 Å². The molecule has 0 bridgehead atoms. The Balaban J connectivity index is 1.62. The van der Waals surface area contributed by atoms with Crippen LogP contribution in [-0.2, 0) is 6.42 Å². The third-order valence-corrected chi connectivity index (χ3v) is 3.61. The van der Waals surface area contributed by atoms with E-state index in [1.54, 1.807) is 0 Å². The van der Waals surface area contributed by atoms with Crippen molar-refractivity contribution in [1.82, 2.24) is 15.5 Å². The molecule has 0 amide bonds. The van der Waals surface area contributed by atoms with Gasteiger partial charge in [0.25, 0.3) is 0 Å². The molecule has 1 aliphatic rings. The summed E-state index contributed by atoms with van der Waals surface area (Å²) < 4.78 is 0. The summed E-state index contributed by atoms with van der Waals surface area (Å²) in [5.41, 5.74) is 1.33. The number of nitrogens with one attached hydrogen (secondary N) is 2. The molecular formula is C14H22ClN3. The van der Waals surface area contributed by atoms with Gasteiger partial charge in [0.15, 0.2) is 0 Å². The lowest BCUT2D eigenvalue weighted by Crippen LogP contribution is -2.53. The Kier molecular flexibility index (Phi) is 5.45. The van der Waals surface area contributed by atoms with E-state index in [1.807, 2.05) is 12.1 Å². The lowest BCUT2D eigenvalue weighted by atomic mass is 10.1. The number of hydrogen-bond acceptors (Lipinski definition) is 3. The van der Waals surface area contributed by atoms with Crippen molar-refractivity contribution in [2.24, 2.45) is 0 Å². The summed E-state index contributed by atoms with van der Waals surface area (Å²) in [6.07, 6.45) is 1.06. The molecule has 0 aliphatic carbocycles. The maximum atomic E-state index is 5.86. The summed E-state index contributed by atoms with van der Waals surface area (Å²) in [6, 6.07) is 8.67. The van der Waals surface area contributed by atoms with Crippen LogP contribution < -0.4 is 10.6 Å². The van der Waals surface area contributed by atoms with Crippen LogP contribution in [0, 0.1) is 0 Å². The third kappa shape index (κ3) is 4.58. The molecule has 18 heavy (non-hydrogen) atoms. The minimum absolute atomic E-state index is 0.578. The topological polar surface area (TPSA) is 27.3 Å². The van der Waals surface area contributed by atoms with Gasteiger partial charge in [-0.15, -0.1) is 0 Å². The molecule has 1 fully saturated rings. The van der Waals surface area contributed by atoms with E-state index in [2.05, 4.69) is 34.7 Å². The van der Waals surface area contributed by atoms with E-state index >= 15 is 0 Å². The predicted octanol–water partition coefficient (Wildman–Crippen LogP) is 1.38. The molecule has 100 valence electrons. The van der Waals surface area contributed by atoms with Crippen molar-refractivity contribution in [3.05, 3.63) is 34.9 Å². The highest BCUT2D eigenvalue weighted by Gasteiger charge is 2.15. The number of likely N-dealkylation sites (N-methyl/N-ethyl adjacent to an activating group) is 1. The summed E-state index contributed by atoms with van der Waals surface area (Å²) in [4.78, 5) is 2.38. The average Bonchev–Trinajstić information content (AvgIpc) is 2.37. The van der Waals surface area contributed by atoms with Crippen molar-refractivity contribution in [3.63, 3.8) is 0 Å². The second kappa shape index (κ2) is 7.10. The quantitative estimate of drug-likeness (QED) is 0.790. The van der Waals surface area contributed by atoms with Crippen LogP contribution in [0.15, 0.2) is 24.3 Å². The van der Waals surface area contributed by atoms with Gasteiger partial charge in [-0.25, -0.2) is 0 Å². The van der Waals surface area contributed by atoms with E-state index < -0.39 is 0 Å². The Morgan fingerprint density at radius 2 is 2.17 bits per heavy atom. The van der Waals surface area contributed by atoms with Gasteiger partial charge in [-0.3, -0.25) is 0 Å². The zero-order chi connectivity index (χ0) is 12.8. The Morgan fingerprint density at radius 3 is 2.89 bits per heavy atom. The standard InChI is InChI=1S/C14H22ClN3/c1-18-9-8-17-14(11-18)10-16-7-6-12-2-4-13(15)5-3-12/h2-5,14,16-17H,6-11H2,1H3. The van der Waals surface area contributed by atoms with Gasteiger partial charge < -0.3 is 15.5 Å². The summed E-state index contributed by atoms with van der Waals surface area (Å²) in [5.74, 6) is 0. The molecule has 0 spiro atoms. The van der Waals surface area contributed by atoms with Gasteiger partial charge >= 0.3 is 0 Å². The molecule has 1 atom stereocenters. The fourth-order valence-corrected chi connectivity index (χ4v) is 2.41. The molecular weight excluding hydrogens is 246 g/mol. The highest BCUT2D eigenvalue weighted by atomic mass is 35.5. The van der Waals surface area contributed by atoms with E-state index in [0.717, 1.165) is 44.2 Å². The van der Waals surface area contributed by atoms with Crippen molar-refractivity contribution in [3.8, 4) is 0 Å². The van der Waals surface area contributed by atoms with Gasteiger partial charge in [0, 0.05) is 37.2 Å². The predicted molar refractivity (Wildman–Crippen MR) is 77.3 cm³/mol. The van der Waals surface area contributed by atoms with Crippen LogP contribution in [0.5, 0.6) is 0 Å². The van der Waals surface area contributed by atoms with Gasteiger partial charge in [-0.2, -0.15) is 0 Å². The number of halogens is 1. The molecule has 2 N–H and O–H groups in total. The summed E-state index contributed by atoms with van der Waals surface area (Å²) >= 11 is 5.86. The fourth-order valence-electron chi connectivity index (χ4n) is 2.29. The Labute approximate surface area is 115 Å². The van der Waals surface area contributed by atoms with Crippen molar-refractivity contribution < 1.29 is 0 Å². The molecule has 3 nitrogen and oxygen atoms in total. The molecule has 1 saturated heterocycles. The minimum Gasteiger partial charge on any atom is -0.315 e. The monoisotopic (exact) mass is 267 g/mol. The second-order valence-electron chi connectivity index (χ2n) is 4.99. The van der Waals surface area contributed by atoms with Crippen LogP contribution >= 0.6 is 11.6 Å². The molecule has 1 heterocycles. The molecule has 1 unspecified atom stereocenters. The first kappa shape index (κ1) is 13.8. The molecule has 0 aromatic heterocycles. The molecule has 2 rings (SSSR count). The zero-order valence-electron chi connectivity index (χ0n) is 11.0. The fraction of sp³-hybridized carbons (Fsp3) is 0.571. The second-order valence-corrected chi connectivity index (χ2v) is 5.43. The third-order valence-electron chi connectivity index (χ3n) is 3.35. The highest BCUT2D eigenvalue weighted by Crippen LogP contribution is 2.09. The normalized spacial score (nSPS) is 21.1. The summed E-state index contributed by atoms with van der Waals surface area (Å²) in [5, 5.41) is 7.86. The van der Waals surface area contributed by atoms with E-state index in [1.165, 1.54) is 5.56 Å². The van der Waals surface area contributed by atoms with E-state index in [9.17, 15) is 0 Å². The van der Waals surface area contributed by atoms with Crippen LogP contribution in [0.2, 0.25) is 5.02 Å². The first-order valence-corrected chi connectivity index (χ1v) is 6.99. The first-order valence-electron chi connectivity index (χ1n) is 6.61. The molecule has 0 saturated carbocycles. The average molecular weight is 268 g/mol. The Hall–Kier alpha value is -0.610. The Morgan fingerprint density at radius 1 is 1.39 bits per heavy atom. The number of benzene rings is 1. The smallest absolute Gasteiger partial charge is 0.0406 e. The van der Waals surface area contributed by atoms with Crippen molar-refractivity contribution >= 4 is 11.6 Å². The van der Waals surface area contributed by atoms with Crippen LogP contribution in [0.4, 0.5) is 0 Å². The van der Waals surface area contributed by atoms with E-state index in [4.69, 9.17) is 11.6 Å². The summed E-state index contributed by atoms with van der Waals surface area (Å²) in [6.45, 7) is 5.44. The van der Waals surface area contributed by atoms with Crippen LogP contribution in [0.25, 0.3) is 0 Å². The van der Waals surface area contributed by atoms with Crippen LogP contribution in [0.1, 0.15) is 5.56 Å². The maximum absolute atomic E-state index is 5.86. The number of hydrogen-bond donors (Lipinski definition) is 2. The largest absolute Gasteiger partial charge is 0.315 e. The lowest BCUT2D eigenvalue weighted by Gasteiger charge is -2.31. The van der Waals surface area contributed by atoms with Crippen molar-refractivity contribution in [1.29, 1.82) is 0 Å². The first-order chi connectivity index (χ1) is 8.74. The molecule has 0 radical (unpaired) electrons. The van der Waals surface area contributed by atoms with E-state index in [0.29, 0.717) is 6.04 Å². The lowest BCUT2D eigenvalue weighted by molar-refractivity contribution is 0.235. The SMILES string of the molecule is CN1CCNC(CNCCc2ccc(Cl)cc2)C1. The zero-order valence-corrected chi connectivity index (χ0v) is 11.7. The van der Waals surface area contributed by atoms with Gasteiger partial charge in [0.05, 0.1) is 0 Å².